The molecule has 0 radical (unpaired) electrons. The number of anilines is 2. The fourth-order valence-corrected chi connectivity index (χ4v) is 8.22. The van der Waals surface area contributed by atoms with Gasteiger partial charge in [-0.1, -0.05) is 29.2 Å². The molecule has 4 aromatic rings. The second kappa shape index (κ2) is 13.9. The summed E-state index contributed by atoms with van der Waals surface area (Å²) < 4.78 is 16.6. The molecule has 0 saturated carbocycles. The topological polar surface area (TPSA) is 187 Å². The molecule has 2 aliphatic rings. The number of amides is 3. The number of nitro groups is 1. The first-order chi connectivity index (χ1) is 23.6. The second-order valence-corrected chi connectivity index (χ2v) is 13.0. The van der Waals surface area contributed by atoms with Crippen molar-refractivity contribution in [3.05, 3.63) is 103 Å². The maximum Gasteiger partial charge on any atom is 0.338 e. The Morgan fingerprint density at radius 1 is 0.939 bits per heavy atom. The number of carbonyl (C=O) groups excluding carboxylic acids is 4. The Morgan fingerprint density at radius 2 is 1.67 bits per heavy atom. The van der Waals surface area contributed by atoms with Crippen molar-refractivity contribution in [1.82, 2.24) is 4.98 Å². The van der Waals surface area contributed by atoms with Crippen LogP contribution in [-0.2, 0) is 19.1 Å². The number of benzene rings is 3. The molecule has 49 heavy (non-hydrogen) atoms. The van der Waals surface area contributed by atoms with Crippen LogP contribution in [0.2, 0.25) is 0 Å². The number of hydrogen-bond donors (Lipinski definition) is 2. The molecule has 1 saturated heterocycles. The van der Waals surface area contributed by atoms with Crippen LogP contribution >= 0.6 is 23.1 Å². The Hall–Kier alpha value is -5.48. The van der Waals surface area contributed by atoms with Crippen molar-refractivity contribution in [2.75, 3.05) is 30.0 Å². The number of H-pyrrole nitrogens is 1. The third kappa shape index (κ3) is 6.64. The lowest BCUT2D eigenvalue weighted by Gasteiger charge is -2.30. The summed E-state index contributed by atoms with van der Waals surface area (Å²) in [7, 11) is 0. The van der Waals surface area contributed by atoms with Crippen molar-refractivity contribution >= 4 is 63.9 Å². The van der Waals surface area contributed by atoms with Crippen LogP contribution in [0.25, 0.3) is 0 Å². The van der Waals surface area contributed by atoms with Gasteiger partial charge < -0.3 is 24.5 Å². The Labute approximate surface area is 286 Å². The van der Waals surface area contributed by atoms with Crippen molar-refractivity contribution in [1.29, 1.82) is 0 Å². The molecule has 16 heteroatoms. The zero-order chi connectivity index (χ0) is 34.8. The molecule has 0 unspecified atom stereocenters. The second-order valence-electron chi connectivity index (χ2n) is 10.8. The van der Waals surface area contributed by atoms with Gasteiger partial charge in [0.1, 0.15) is 5.25 Å². The van der Waals surface area contributed by atoms with Gasteiger partial charge in [0.25, 0.3) is 11.6 Å². The molecular formula is C33H28N4O10S2. The van der Waals surface area contributed by atoms with Gasteiger partial charge in [-0.25, -0.2) is 9.69 Å². The van der Waals surface area contributed by atoms with E-state index in [0.29, 0.717) is 26.7 Å². The number of ether oxygens (including phenoxy) is 3. The van der Waals surface area contributed by atoms with Crippen LogP contribution in [0.1, 0.15) is 40.6 Å². The number of esters is 1. The highest BCUT2D eigenvalue weighted by Gasteiger charge is 2.56. The molecule has 14 nitrogen and oxygen atoms in total. The van der Waals surface area contributed by atoms with E-state index in [-0.39, 0.29) is 47.6 Å². The standard InChI is InChI=1S/C33H28N4O10S2/c1-3-45-23-15-18(7-14-22(23)47-16-24(38)34-19-8-5-17(6-9-19)32(41)46-4-2)25-26-28(48-29-27(25)49-33(42)35-29)31(40)36(30(26)39)20-10-12-21(13-11-20)37(43)44/h5-15,25-26,28H,3-4,16H2,1-2H3,(H,34,38)(H,35,42)/t25-,26-,28+/m0/s1. The van der Waals surface area contributed by atoms with Crippen LogP contribution in [0.5, 0.6) is 11.5 Å². The average molecular weight is 705 g/mol. The number of fused-ring (bicyclic) bond motifs is 2. The number of imide groups is 1. The smallest absolute Gasteiger partial charge is 0.338 e. The van der Waals surface area contributed by atoms with Crippen LogP contribution in [0.3, 0.4) is 0 Å². The zero-order valence-corrected chi connectivity index (χ0v) is 27.6. The Kier molecular flexibility index (Phi) is 9.51. The molecule has 2 aliphatic heterocycles. The molecule has 0 spiro atoms. The number of hydrogen-bond acceptors (Lipinski definition) is 12. The highest BCUT2D eigenvalue weighted by Crippen LogP contribution is 2.54. The van der Waals surface area contributed by atoms with Gasteiger partial charge in [-0.3, -0.25) is 29.3 Å². The molecule has 3 amide bonds. The fraction of sp³-hybridized carbons (Fsp3) is 0.242. The lowest BCUT2D eigenvalue weighted by Crippen LogP contribution is -2.32. The third-order valence-electron chi connectivity index (χ3n) is 7.81. The van der Waals surface area contributed by atoms with Gasteiger partial charge in [-0.2, -0.15) is 0 Å². The number of rotatable bonds is 11. The maximum absolute atomic E-state index is 14.0. The molecule has 3 aromatic carbocycles. The number of nitrogens with one attached hydrogen (secondary N) is 2. The maximum atomic E-state index is 14.0. The fourth-order valence-electron chi connectivity index (χ4n) is 5.70. The summed E-state index contributed by atoms with van der Waals surface area (Å²) in [6.07, 6.45) is 0. The molecular weight excluding hydrogens is 677 g/mol. The highest BCUT2D eigenvalue weighted by molar-refractivity contribution is 8.00. The monoisotopic (exact) mass is 704 g/mol. The van der Waals surface area contributed by atoms with Crippen molar-refractivity contribution in [3.63, 3.8) is 0 Å². The van der Waals surface area contributed by atoms with E-state index < -0.39 is 45.7 Å². The number of aromatic nitrogens is 1. The number of nitrogens with zero attached hydrogens (tertiary/aromatic N) is 2. The zero-order valence-electron chi connectivity index (χ0n) is 26.0. The number of non-ortho nitro benzene ring substituents is 1. The molecule has 2 N–H and O–H groups in total. The van der Waals surface area contributed by atoms with Crippen LogP contribution in [0.15, 0.2) is 76.6 Å². The number of thioether (sulfide) groups is 1. The summed E-state index contributed by atoms with van der Waals surface area (Å²) in [6.45, 7) is 3.61. The minimum absolute atomic E-state index is 0.180. The van der Waals surface area contributed by atoms with Crippen LogP contribution in [-0.4, -0.2) is 58.7 Å². The molecule has 252 valence electrons. The quantitative estimate of drug-likeness (QED) is 0.0951. The van der Waals surface area contributed by atoms with E-state index in [0.717, 1.165) is 28.0 Å². The van der Waals surface area contributed by atoms with Crippen molar-refractivity contribution < 1.29 is 38.3 Å². The molecule has 1 aromatic heterocycles. The van der Waals surface area contributed by atoms with E-state index in [1.165, 1.54) is 36.4 Å². The summed E-state index contributed by atoms with van der Waals surface area (Å²) >= 11 is 2.06. The Morgan fingerprint density at radius 3 is 2.35 bits per heavy atom. The molecule has 0 bridgehead atoms. The molecule has 1 fully saturated rings. The van der Waals surface area contributed by atoms with E-state index in [4.69, 9.17) is 14.2 Å². The van der Waals surface area contributed by atoms with Gasteiger partial charge in [-0.05, 0) is 67.9 Å². The van der Waals surface area contributed by atoms with E-state index in [1.54, 1.807) is 44.2 Å². The van der Waals surface area contributed by atoms with Gasteiger partial charge in [-0.15, -0.1) is 0 Å². The summed E-state index contributed by atoms with van der Waals surface area (Å²) in [5.74, 6) is -3.00. The van der Waals surface area contributed by atoms with Crippen LogP contribution < -0.4 is 24.6 Å². The molecule has 0 aliphatic carbocycles. The first kappa shape index (κ1) is 33.4. The molecule has 3 heterocycles. The Balaban J connectivity index is 1.24. The first-order valence-corrected chi connectivity index (χ1v) is 16.8. The number of carbonyl (C=O) groups is 4. The van der Waals surface area contributed by atoms with Crippen molar-refractivity contribution in [2.45, 2.75) is 30.0 Å². The number of nitro benzene ring substituents is 1. The summed E-state index contributed by atoms with van der Waals surface area (Å²) in [4.78, 5) is 79.4. The summed E-state index contributed by atoms with van der Waals surface area (Å²) in [6, 6.07) is 16.4. The minimum Gasteiger partial charge on any atom is -0.490 e. The third-order valence-corrected chi connectivity index (χ3v) is 10.2. The number of aromatic amines is 1. The van der Waals surface area contributed by atoms with Gasteiger partial charge in [0, 0.05) is 28.6 Å². The molecule has 6 rings (SSSR count). The summed E-state index contributed by atoms with van der Waals surface area (Å²) in [5.41, 5.74) is 1.41. The van der Waals surface area contributed by atoms with E-state index in [9.17, 15) is 34.1 Å². The normalized spacial score (nSPS) is 18.0. The predicted octanol–water partition coefficient (Wildman–Crippen LogP) is 4.73. The highest BCUT2D eigenvalue weighted by atomic mass is 32.2. The predicted molar refractivity (Wildman–Crippen MR) is 180 cm³/mol. The molecule has 3 atom stereocenters. The first-order valence-electron chi connectivity index (χ1n) is 15.1. The number of thiazole rings is 1. The lowest BCUT2D eigenvalue weighted by atomic mass is 9.83. The minimum atomic E-state index is -0.895. The van der Waals surface area contributed by atoms with Gasteiger partial charge >= 0.3 is 10.8 Å². The van der Waals surface area contributed by atoms with E-state index in [2.05, 4.69) is 10.3 Å². The Bertz CT molecular complexity index is 2010. The van der Waals surface area contributed by atoms with Gasteiger partial charge in [0.2, 0.25) is 11.8 Å². The van der Waals surface area contributed by atoms with Crippen LogP contribution in [0, 0.1) is 16.0 Å². The van der Waals surface area contributed by atoms with Crippen molar-refractivity contribution in [3.8, 4) is 11.5 Å². The van der Waals surface area contributed by atoms with Gasteiger partial charge in [0.15, 0.2) is 18.1 Å². The largest absolute Gasteiger partial charge is 0.490 e. The van der Waals surface area contributed by atoms with E-state index >= 15 is 0 Å². The summed E-state index contributed by atoms with van der Waals surface area (Å²) in [5, 5.41) is 13.5. The van der Waals surface area contributed by atoms with Crippen molar-refractivity contribution in [2.24, 2.45) is 5.92 Å². The van der Waals surface area contributed by atoms with Crippen LogP contribution in [0.4, 0.5) is 17.1 Å². The average Bonchev–Trinajstić information content (AvgIpc) is 3.58. The van der Waals surface area contributed by atoms with E-state index in [1.807, 2.05) is 0 Å². The SMILES string of the molecule is CCOC(=O)c1ccc(NC(=O)COc2ccc([C@@H]3c4sc(=O)[nH]c4S[C@H]4C(=O)N(c5ccc([N+](=O)[O-])cc5)C(=O)[C@@H]34)cc2OCC)cc1. The van der Waals surface area contributed by atoms with Gasteiger partial charge in [0.05, 0.1) is 40.3 Å². The lowest BCUT2D eigenvalue weighted by molar-refractivity contribution is -0.384.